The number of thiophene rings is 1. The number of carbonyl (C=O) groups is 1. The maximum absolute atomic E-state index is 12.6. The van der Waals surface area contributed by atoms with E-state index in [9.17, 15) is 10.1 Å². The fourth-order valence-electron chi connectivity index (χ4n) is 1.96. The molecule has 0 amide bonds. The van der Waals surface area contributed by atoms with Crippen molar-refractivity contribution in [3.8, 4) is 6.07 Å². The summed E-state index contributed by atoms with van der Waals surface area (Å²) in [4.78, 5) is 13.0. The van der Waals surface area contributed by atoms with Crippen molar-refractivity contribution in [2.45, 2.75) is 13.8 Å². The van der Waals surface area contributed by atoms with Crippen molar-refractivity contribution in [2.75, 3.05) is 24.1 Å². The first kappa shape index (κ1) is 17.0. The van der Waals surface area contributed by atoms with Crippen LogP contribution < -0.4 is 16.8 Å². The summed E-state index contributed by atoms with van der Waals surface area (Å²) in [7, 11) is 0. The molecule has 0 bridgehead atoms. The van der Waals surface area contributed by atoms with E-state index >= 15 is 0 Å². The second-order valence-corrected chi connectivity index (χ2v) is 7.10. The zero-order chi connectivity index (χ0) is 17.0. The lowest BCUT2D eigenvalue weighted by Gasteiger charge is -2.22. The molecule has 0 unspecified atom stereocenters. The maximum atomic E-state index is 12.6. The van der Waals surface area contributed by atoms with E-state index in [1.807, 2.05) is 19.9 Å². The molecule has 1 aromatic carbocycles. The minimum absolute atomic E-state index is 0.116. The second-order valence-electron chi connectivity index (χ2n) is 6.08. The third-order valence-corrected chi connectivity index (χ3v) is 4.74. The van der Waals surface area contributed by atoms with Gasteiger partial charge in [0, 0.05) is 12.1 Å². The number of nitrogens with two attached hydrogens (primary N) is 2. The third-order valence-electron chi connectivity index (χ3n) is 3.58. The van der Waals surface area contributed by atoms with Gasteiger partial charge in [-0.15, -0.1) is 11.3 Å². The van der Waals surface area contributed by atoms with Gasteiger partial charge in [0.25, 0.3) is 0 Å². The predicted molar refractivity (Wildman–Crippen MR) is 94.6 cm³/mol. The molecular weight excluding hydrogens is 308 g/mol. The summed E-state index contributed by atoms with van der Waals surface area (Å²) in [5.41, 5.74) is 12.7. The smallest absolute Gasteiger partial charge is 0.205 e. The van der Waals surface area contributed by atoms with Crippen molar-refractivity contribution in [1.29, 1.82) is 5.26 Å². The van der Waals surface area contributed by atoms with Gasteiger partial charge in [0.1, 0.15) is 21.5 Å². The molecule has 2 aromatic rings. The van der Waals surface area contributed by atoms with Crippen LogP contribution >= 0.6 is 11.3 Å². The molecule has 0 aliphatic carbocycles. The fourth-order valence-corrected chi connectivity index (χ4v) is 2.99. The van der Waals surface area contributed by atoms with Crippen LogP contribution in [0, 0.1) is 16.7 Å². The first-order valence-electron chi connectivity index (χ1n) is 7.25. The van der Waals surface area contributed by atoms with Gasteiger partial charge in [0.15, 0.2) is 0 Å². The van der Waals surface area contributed by atoms with E-state index in [-0.39, 0.29) is 16.9 Å². The van der Waals surface area contributed by atoms with Crippen molar-refractivity contribution in [1.82, 2.24) is 0 Å². The first-order chi connectivity index (χ1) is 10.9. The molecule has 0 atom stereocenters. The van der Waals surface area contributed by atoms with Crippen LogP contribution in [0.1, 0.15) is 34.6 Å². The Balaban J connectivity index is 2.33. The Labute approximate surface area is 139 Å². The first-order valence-corrected chi connectivity index (χ1v) is 8.07. The number of nitriles is 1. The molecule has 0 fully saturated rings. The second kappa shape index (κ2) is 6.82. The zero-order valence-electron chi connectivity index (χ0n) is 13.2. The van der Waals surface area contributed by atoms with Gasteiger partial charge in [-0.2, -0.15) is 5.26 Å². The Hall–Kier alpha value is -2.36. The van der Waals surface area contributed by atoms with Crippen LogP contribution in [0.5, 0.6) is 0 Å². The Morgan fingerprint density at radius 2 is 2.00 bits per heavy atom. The van der Waals surface area contributed by atoms with Crippen LogP contribution in [0.2, 0.25) is 0 Å². The summed E-state index contributed by atoms with van der Waals surface area (Å²) >= 11 is 1.22. The maximum Gasteiger partial charge on any atom is 0.205 e. The normalized spacial score (nSPS) is 11.0. The summed E-state index contributed by atoms with van der Waals surface area (Å²) < 4.78 is 0. The van der Waals surface area contributed by atoms with Crippen LogP contribution in [0.4, 0.5) is 10.7 Å². The number of carbonyl (C=O) groups excluding carboxylic acids is 1. The predicted octanol–water partition coefficient (Wildman–Crippen LogP) is 2.83. The van der Waals surface area contributed by atoms with E-state index in [4.69, 9.17) is 11.5 Å². The summed E-state index contributed by atoms with van der Waals surface area (Å²) in [6.45, 7) is 5.16. The van der Waals surface area contributed by atoms with Crippen LogP contribution in [0.25, 0.3) is 0 Å². The van der Waals surface area contributed by atoms with Crippen molar-refractivity contribution in [3.05, 3.63) is 46.3 Å². The minimum Gasteiger partial charge on any atom is -0.396 e. The summed E-state index contributed by atoms with van der Waals surface area (Å²) in [6.07, 6.45) is 0. The number of nitrogens with one attached hydrogen (secondary N) is 1. The van der Waals surface area contributed by atoms with Gasteiger partial charge in [0.2, 0.25) is 5.78 Å². The van der Waals surface area contributed by atoms with E-state index in [2.05, 4.69) is 11.4 Å². The molecule has 0 saturated carbocycles. The lowest BCUT2D eigenvalue weighted by Crippen LogP contribution is -2.31. The fraction of sp³-hybridized carbons (Fsp3) is 0.294. The minimum atomic E-state index is -0.171. The molecule has 0 spiro atoms. The van der Waals surface area contributed by atoms with E-state index in [0.717, 1.165) is 0 Å². The average Bonchev–Trinajstić information content (AvgIpc) is 2.89. The molecule has 2 rings (SSSR count). The molecule has 0 radical (unpaired) electrons. The molecule has 0 saturated heterocycles. The third kappa shape index (κ3) is 3.70. The molecular formula is C17H20N4OS. The van der Waals surface area contributed by atoms with Crippen LogP contribution in [-0.2, 0) is 0 Å². The number of ketones is 1. The Morgan fingerprint density at radius 1 is 1.35 bits per heavy atom. The molecule has 6 heteroatoms. The molecule has 5 N–H and O–H groups in total. The number of benzene rings is 1. The van der Waals surface area contributed by atoms with E-state index in [1.165, 1.54) is 11.3 Å². The number of anilines is 2. The largest absolute Gasteiger partial charge is 0.396 e. The van der Waals surface area contributed by atoms with E-state index in [0.29, 0.717) is 34.1 Å². The highest BCUT2D eigenvalue weighted by Crippen LogP contribution is 2.37. The van der Waals surface area contributed by atoms with Crippen molar-refractivity contribution >= 4 is 27.8 Å². The summed E-state index contributed by atoms with van der Waals surface area (Å²) in [5, 5.41) is 13.2. The van der Waals surface area contributed by atoms with Gasteiger partial charge in [-0.05, 0) is 12.0 Å². The SMILES string of the molecule is CC(C)(CN)CNc1sc(C(=O)c2ccccc2)c(N)c1C#N. The highest BCUT2D eigenvalue weighted by atomic mass is 32.1. The van der Waals surface area contributed by atoms with Crippen LogP contribution in [0.15, 0.2) is 30.3 Å². The Kier molecular flexibility index (Phi) is 5.04. The zero-order valence-corrected chi connectivity index (χ0v) is 14.0. The summed E-state index contributed by atoms with van der Waals surface area (Å²) in [5.74, 6) is -0.171. The highest BCUT2D eigenvalue weighted by molar-refractivity contribution is 7.19. The standard InChI is InChI=1S/C17H20N4OS/c1-17(2,9-19)10-21-16-12(8-18)13(20)15(23-16)14(22)11-6-4-3-5-7-11/h3-7,21H,9-10,19-20H2,1-2H3. The number of rotatable bonds is 6. The van der Waals surface area contributed by atoms with Crippen LogP contribution in [0.3, 0.4) is 0 Å². The lowest BCUT2D eigenvalue weighted by atomic mass is 9.94. The number of hydrogen-bond donors (Lipinski definition) is 3. The van der Waals surface area contributed by atoms with E-state index in [1.54, 1.807) is 24.3 Å². The molecule has 0 aliphatic heterocycles. The number of hydrogen-bond acceptors (Lipinski definition) is 6. The topological polar surface area (TPSA) is 105 Å². The molecule has 120 valence electrons. The number of nitrogen functional groups attached to an aromatic ring is 1. The lowest BCUT2D eigenvalue weighted by molar-refractivity contribution is 0.104. The molecule has 23 heavy (non-hydrogen) atoms. The van der Waals surface area contributed by atoms with Gasteiger partial charge >= 0.3 is 0 Å². The van der Waals surface area contributed by atoms with E-state index < -0.39 is 0 Å². The molecule has 1 aromatic heterocycles. The summed E-state index contributed by atoms with van der Waals surface area (Å²) in [6, 6.07) is 11.0. The average molecular weight is 328 g/mol. The van der Waals surface area contributed by atoms with Gasteiger partial charge < -0.3 is 16.8 Å². The Morgan fingerprint density at radius 3 is 2.57 bits per heavy atom. The van der Waals surface area contributed by atoms with Crippen molar-refractivity contribution in [2.24, 2.45) is 11.1 Å². The van der Waals surface area contributed by atoms with Crippen molar-refractivity contribution in [3.63, 3.8) is 0 Å². The molecule has 1 heterocycles. The molecule has 5 nitrogen and oxygen atoms in total. The van der Waals surface area contributed by atoms with Crippen molar-refractivity contribution < 1.29 is 4.79 Å². The van der Waals surface area contributed by atoms with Gasteiger partial charge in [-0.25, -0.2) is 0 Å². The monoisotopic (exact) mass is 328 g/mol. The Bertz CT molecular complexity index is 744. The van der Waals surface area contributed by atoms with Crippen LogP contribution in [-0.4, -0.2) is 18.9 Å². The number of nitrogens with zero attached hydrogens (tertiary/aromatic N) is 1. The quantitative estimate of drug-likeness (QED) is 0.707. The highest BCUT2D eigenvalue weighted by Gasteiger charge is 2.23. The molecule has 0 aliphatic rings. The van der Waals surface area contributed by atoms with Gasteiger partial charge in [-0.3, -0.25) is 4.79 Å². The van der Waals surface area contributed by atoms with Gasteiger partial charge in [-0.1, -0.05) is 44.2 Å². The van der Waals surface area contributed by atoms with Gasteiger partial charge in [0.05, 0.1) is 5.69 Å².